The van der Waals surface area contributed by atoms with Gasteiger partial charge in [0.1, 0.15) is 17.7 Å². The van der Waals surface area contributed by atoms with Gasteiger partial charge in [-0.3, -0.25) is 9.59 Å². The molecule has 4 unspecified atom stereocenters. The molecule has 5 fully saturated rings. The van der Waals surface area contributed by atoms with Gasteiger partial charge < -0.3 is 19.9 Å². The SMILES string of the molecule is O=C(c1ccc(C(=O)N[C@H]2C3CC4C[C@@]5(O)CC2CC45C3)c(OC2CCOCC2)c1)c1ccccc1F. The number of hydrogen-bond donors (Lipinski definition) is 2. The van der Waals surface area contributed by atoms with Gasteiger partial charge in [0.15, 0.2) is 5.78 Å². The van der Waals surface area contributed by atoms with Crippen LogP contribution in [0.3, 0.4) is 0 Å². The summed E-state index contributed by atoms with van der Waals surface area (Å²) in [6.45, 7) is 1.16. The molecule has 7 heteroatoms. The average Bonchev–Trinajstić information content (AvgIpc) is 3.26. The van der Waals surface area contributed by atoms with Crippen LogP contribution in [0, 0.1) is 29.0 Å². The summed E-state index contributed by atoms with van der Waals surface area (Å²) in [4.78, 5) is 26.8. The van der Waals surface area contributed by atoms with Crippen LogP contribution in [0.5, 0.6) is 5.75 Å². The number of amides is 1. The molecule has 2 N–H and O–H groups in total. The molecule has 4 aliphatic carbocycles. The lowest BCUT2D eigenvalue weighted by atomic mass is 9.53. The Bertz CT molecular complexity index is 1270. The quantitative estimate of drug-likeness (QED) is 0.573. The number of aliphatic hydroxyl groups is 1. The van der Waals surface area contributed by atoms with Gasteiger partial charge in [-0.2, -0.15) is 0 Å². The molecule has 2 aromatic rings. The Hall–Kier alpha value is -2.77. The van der Waals surface area contributed by atoms with Crippen LogP contribution in [0.2, 0.25) is 0 Å². The van der Waals surface area contributed by atoms with Gasteiger partial charge in [0.25, 0.3) is 5.91 Å². The standard InChI is InChI=1S/C30H32FNO5/c31-24-4-2-1-3-22(24)27(33)17-5-6-23(25(12-17)37-21-7-9-36-10-8-21)28(34)32-26-18-11-20-16-30(35)15-19(26)14-29(20,30)13-18/h1-6,12,18-21,26,35H,7-11,13-16H2,(H,32,34)/t18?,19?,20?,26-,29?,30-/m0/s1. The zero-order valence-electron chi connectivity index (χ0n) is 20.8. The molecule has 194 valence electrons. The molecule has 1 heterocycles. The van der Waals surface area contributed by atoms with E-state index in [-0.39, 0.29) is 34.6 Å². The summed E-state index contributed by atoms with van der Waals surface area (Å²) in [6.07, 6.45) is 6.02. The maximum Gasteiger partial charge on any atom is 0.255 e. The third kappa shape index (κ3) is 3.50. The van der Waals surface area contributed by atoms with Crippen molar-refractivity contribution in [2.75, 3.05) is 13.2 Å². The van der Waals surface area contributed by atoms with Gasteiger partial charge >= 0.3 is 0 Å². The first-order valence-electron chi connectivity index (χ1n) is 13.6. The van der Waals surface area contributed by atoms with Crippen LogP contribution >= 0.6 is 0 Å². The minimum Gasteiger partial charge on any atom is -0.489 e. The number of hydrogen-bond acceptors (Lipinski definition) is 5. The number of nitrogens with one attached hydrogen (secondary N) is 1. The molecule has 2 aromatic carbocycles. The van der Waals surface area contributed by atoms with Gasteiger partial charge in [-0.15, -0.1) is 0 Å². The van der Waals surface area contributed by atoms with Crippen molar-refractivity contribution in [3.63, 3.8) is 0 Å². The van der Waals surface area contributed by atoms with Crippen molar-refractivity contribution in [1.82, 2.24) is 5.32 Å². The monoisotopic (exact) mass is 505 g/mol. The van der Waals surface area contributed by atoms with Crippen LogP contribution in [0.15, 0.2) is 42.5 Å². The fourth-order valence-electron chi connectivity index (χ4n) is 8.44. The molecule has 0 aromatic heterocycles. The van der Waals surface area contributed by atoms with Crippen molar-refractivity contribution < 1.29 is 28.6 Å². The Morgan fingerprint density at radius 3 is 2.59 bits per heavy atom. The minimum absolute atomic E-state index is 0.0126. The molecule has 6 atom stereocenters. The molecule has 4 saturated carbocycles. The molecule has 37 heavy (non-hydrogen) atoms. The maximum atomic E-state index is 14.3. The Morgan fingerprint density at radius 1 is 1.00 bits per heavy atom. The largest absolute Gasteiger partial charge is 0.489 e. The first-order valence-corrected chi connectivity index (χ1v) is 13.6. The van der Waals surface area contributed by atoms with E-state index in [0.717, 1.165) is 32.1 Å². The van der Waals surface area contributed by atoms with Crippen molar-refractivity contribution in [3.8, 4) is 5.75 Å². The summed E-state index contributed by atoms with van der Waals surface area (Å²) in [5, 5.41) is 14.5. The topological polar surface area (TPSA) is 84.9 Å². The van der Waals surface area contributed by atoms with Crippen molar-refractivity contribution in [3.05, 3.63) is 65.0 Å². The van der Waals surface area contributed by atoms with Gasteiger partial charge in [-0.05, 0) is 80.2 Å². The highest BCUT2D eigenvalue weighted by atomic mass is 19.1. The van der Waals surface area contributed by atoms with Gasteiger partial charge in [0.05, 0.1) is 29.9 Å². The smallest absolute Gasteiger partial charge is 0.255 e. The molecule has 3 bridgehead atoms. The lowest BCUT2D eigenvalue weighted by molar-refractivity contribution is -0.176. The van der Waals surface area contributed by atoms with Crippen LogP contribution in [-0.2, 0) is 4.74 Å². The molecule has 1 spiro atoms. The Balaban J connectivity index is 1.17. The van der Waals surface area contributed by atoms with E-state index in [9.17, 15) is 19.1 Å². The van der Waals surface area contributed by atoms with Gasteiger partial charge in [0, 0.05) is 29.9 Å². The minimum atomic E-state index is -0.581. The van der Waals surface area contributed by atoms with Crippen LogP contribution in [0.1, 0.15) is 71.2 Å². The third-order valence-corrected chi connectivity index (χ3v) is 10.1. The number of rotatable bonds is 6. The average molecular weight is 506 g/mol. The molecule has 1 saturated heterocycles. The first kappa shape index (κ1) is 23.4. The molecule has 6 nitrogen and oxygen atoms in total. The number of ketones is 1. The van der Waals surface area contributed by atoms with E-state index in [1.165, 1.54) is 12.1 Å². The Morgan fingerprint density at radius 2 is 1.78 bits per heavy atom. The first-order chi connectivity index (χ1) is 17.9. The zero-order chi connectivity index (χ0) is 25.4. The molecule has 7 rings (SSSR count). The summed E-state index contributed by atoms with van der Waals surface area (Å²) in [5.74, 6) is 0.371. The van der Waals surface area contributed by atoms with Crippen LogP contribution < -0.4 is 10.1 Å². The summed E-state index contributed by atoms with van der Waals surface area (Å²) in [7, 11) is 0. The fraction of sp³-hybridized carbons (Fsp3) is 0.533. The van der Waals surface area contributed by atoms with Gasteiger partial charge in [0.2, 0.25) is 0 Å². The molecular weight excluding hydrogens is 473 g/mol. The van der Waals surface area contributed by atoms with E-state index in [1.807, 2.05) is 0 Å². The Labute approximate surface area is 215 Å². The fourth-order valence-corrected chi connectivity index (χ4v) is 8.44. The number of fused-ring (bicyclic) bond motifs is 2. The molecule has 5 aliphatic rings. The zero-order valence-corrected chi connectivity index (χ0v) is 20.8. The molecule has 0 radical (unpaired) electrons. The second-order valence-electron chi connectivity index (χ2n) is 11.9. The third-order valence-electron chi connectivity index (χ3n) is 10.1. The predicted octanol–water partition coefficient (Wildman–Crippen LogP) is 4.28. The summed E-state index contributed by atoms with van der Waals surface area (Å²) < 4.78 is 26.1. The highest BCUT2D eigenvalue weighted by molar-refractivity contribution is 6.10. The van der Waals surface area contributed by atoms with Crippen molar-refractivity contribution >= 4 is 11.7 Å². The van der Waals surface area contributed by atoms with E-state index in [2.05, 4.69) is 5.32 Å². The number of halogens is 1. The number of carbonyl (C=O) groups excluding carboxylic acids is 2. The number of ether oxygens (including phenoxy) is 2. The van der Waals surface area contributed by atoms with Crippen LogP contribution in [0.4, 0.5) is 4.39 Å². The van der Waals surface area contributed by atoms with E-state index >= 15 is 0 Å². The van der Waals surface area contributed by atoms with E-state index in [0.29, 0.717) is 55.1 Å². The molecular formula is C30H32FNO5. The van der Waals surface area contributed by atoms with Crippen molar-refractivity contribution in [2.45, 2.75) is 62.7 Å². The molecule has 1 aliphatic heterocycles. The number of benzene rings is 2. The highest BCUT2D eigenvalue weighted by Crippen LogP contribution is 2.77. The summed E-state index contributed by atoms with van der Waals surface area (Å²) in [5.41, 5.74) is 0.202. The van der Waals surface area contributed by atoms with Crippen LogP contribution in [0.25, 0.3) is 0 Å². The summed E-state index contributed by atoms with van der Waals surface area (Å²) in [6, 6.07) is 10.7. The Kier molecular flexibility index (Phi) is 5.28. The second-order valence-corrected chi connectivity index (χ2v) is 11.9. The normalized spacial score (nSPS) is 35.6. The van der Waals surface area contributed by atoms with E-state index < -0.39 is 17.2 Å². The van der Waals surface area contributed by atoms with E-state index in [1.54, 1.807) is 30.3 Å². The molecule has 1 amide bonds. The lowest BCUT2D eigenvalue weighted by Crippen LogP contribution is -2.57. The van der Waals surface area contributed by atoms with E-state index in [4.69, 9.17) is 9.47 Å². The van der Waals surface area contributed by atoms with Gasteiger partial charge in [-0.1, -0.05) is 12.1 Å². The maximum absolute atomic E-state index is 14.3. The summed E-state index contributed by atoms with van der Waals surface area (Å²) >= 11 is 0. The van der Waals surface area contributed by atoms with Gasteiger partial charge in [-0.25, -0.2) is 4.39 Å². The predicted molar refractivity (Wildman–Crippen MR) is 133 cm³/mol. The second kappa shape index (κ2) is 8.37. The number of carbonyl (C=O) groups is 2. The highest BCUT2D eigenvalue weighted by Gasteiger charge is 2.76. The van der Waals surface area contributed by atoms with Crippen molar-refractivity contribution in [1.29, 1.82) is 0 Å². The lowest BCUT2D eigenvalue weighted by Gasteiger charge is -2.55. The van der Waals surface area contributed by atoms with Crippen LogP contribution in [-0.4, -0.2) is 47.8 Å². The van der Waals surface area contributed by atoms with Crippen molar-refractivity contribution in [2.24, 2.45) is 23.2 Å².